The van der Waals surface area contributed by atoms with Crippen LogP contribution in [0.25, 0.3) is 0 Å². The first kappa shape index (κ1) is 12.6. The Morgan fingerprint density at radius 3 is 2.83 bits per heavy atom. The van der Waals surface area contributed by atoms with Crippen molar-refractivity contribution in [1.29, 1.82) is 0 Å². The van der Waals surface area contributed by atoms with Crippen LogP contribution < -0.4 is 15.5 Å². The van der Waals surface area contributed by atoms with Crippen molar-refractivity contribution in [3.63, 3.8) is 0 Å². The molecule has 0 spiro atoms. The molecule has 1 aromatic carbocycles. The first-order valence-electron chi connectivity index (χ1n) is 5.96. The summed E-state index contributed by atoms with van der Waals surface area (Å²) in [5, 5.41) is 5.43. The summed E-state index contributed by atoms with van der Waals surface area (Å²) >= 11 is 0. The average molecular weight is 247 g/mol. The van der Waals surface area contributed by atoms with E-state index in [4.69, 9.17) is 0 Å². The second-order valence-electron chi connectivity index (χ2n) is 4.38. The molecule has 1 aromatic rings. The zero-order chi connectivity index (χ0) is 13.1. The van der Waals surface area contributed by atoms with Crippen LogP contribution >= 0.6 is 0 Å². The molecule has 2 rings (SSSR count). The number of piperazine rings is 1. The minimum atomic E-state index is -0.333. The molecular weight excluding hydrogens is 230 g/mol. The molecule has 1 aliphatic rings. The van der Waals surface area contributed by atoms with Crippen molar-refractivity contribution in [3.8, 4) is 0 Å². The smallest absolute Gasteiger partial charge is 0.249 e. The van der Waals surface area contributed by atoms with E-state index in [1.54, 1.807) is 6.92 Å². The Morgan fingerprint density at radius 1 is 1.39 bits per heavy atom. The zero-order valence-electron chi connectivity index (χ0n) is 10.6. The lowest BCUT2D eigenvalue weighted by atomic mass is 10.1. The van der Waals surface area contributed by atoms with Crippen LogP contribution in [0.5, 0.6) is 0 Å². The predicted octanol–water partition coefficient (Wildman–Crippen LogP) is 0.257. The highest BCUT2D eigenvalue weighted by Crippen LogP contribution is 2.23. The van der Waals surface area contributed by atoms with Gasteiger partial charge in [-0.2, -0.15) is 0 Å². The van der Waals surface area contributed by atoms with Gasteiger partial charge in [-0.1, -0.05) is 18.2 Å². The SMILES string of the molecule is CNCc1ccccc1N1CC(=O)NC(=O)C1C. The number of benzene rings is 1. The summed E-state index contributed by atoms with van der Waals surface area (Å²) in [4.78, 5) is 25.0. The maximum absolute atomic E-state index is 11.7. The topological polar surface area (TPSA) is 61.4 Å². The van der Waals surface area contributed by atoms with Gasteiger partial charge in [0, 0.05) is 12.2 Å². The third-order valence-corrected chi connectivity index (χ3v) is 3.09. The Bertz CT molecular complexity index is 473. The highest BCUT2D eigenvalue weighted by molar-refractivity contribution is 6.04. The monoisotopic (exact) mass is 247 g/mol. The molecule has 0 bridgehead atoms. The molecule has 2 N–H and O–H groups in total. The molecule has 96 valence electrons. The maximum Gasteiger partial charge on any atom is 0.249 e. The van der Waals surface area contributed by atoms with Gasteiger partial charge in [0.1, 0.15) is 6.04 Å². The van der Waals surface area contributed by atoms with E-state index in [1.807, 2.05) is 36.2 Å². The first-order valence-corrected chi connectivity index (χ1v) is 5.96. The lowest BCUT2D eigenvalue weighted by Gasteiger charge is -2.34. The fraction of sp³-hybridized carbons (Fsp3) is 0.385. The third-order valence-electron chi connectivity index (χ3n) is 3.09. The van der Waals surface area contributed by atoms with Crippen molar-refractivity contribution < 1.29 is 9.59 Å². The lowest BCUT2D eigenvalue weighted by molar-refractivity contribution is -0.132. The molecule has 1 saturated heterocycles. The van der Waals surface area contributed by atoms with E-state index in [-0.39, 0.29) is 24.4 Å². The van der Waals surface area contributed by atoms with Gasteiger partial charge in [0.05, 0.1) is 6.54 Å². The average Bonchev–Trinajstić information content (AvgIpc) is 2.35. The number of amides is 2. The van der Waals surface area contributed by atoms with Crippen LogP contribution in [0, 0.1) is 0 Å². The number of imide groups is 1. The molecule has 5 nitrogen and oxygen atoms in total. The van der Waals surface area contributed by atoms with Gasteiger partial charge in [-0.15, -0.1) is 0 Å². The van der Waals surface area contributed by atoms with E-state index in [2.05, 4.69) is 10.6 Å². The predicted molar refractivity (Wildman–Crippen MR) is 69.2 cm³/mol. The highest BCUT2D eigenvalue weighted by atomic mass is 16.2. The normalized spacial score (nSPS) is 19.9. The number of carbonyl (C=O) groups is 2. The van der Waals surface area contributed by atoms with Gasteiger partial charge in [0.25, 0.3) is 0 Å². The molecule has 1 unspecified atom stereocenters. The number of nitrogens with zero attached hydrogens (tertiary/aromatic N) is 1. The summed E-state index contributed by atoms with van der Waals surface area (Å²) in [6.45, 7) is 2.72. The summed E-state index contributed by atoms with van der Waals surface area (Å²) in [7, 11) is 1.87. The number of nitrogens with one attached hydrogen (secondary N) is 2. The van der Waals surface area contributed by atoms with E-state index in [1.165, 1.54) is 0 Å². The van der Waals surface area contributed by atoms with E-state index < -0.39 is 0 Å². The van der Waals surface area contributed by atoms with Crippen LogP contribution in [0.4, 0.5) is 5.69 Å². The molecule has 1 fully saturated rings. The van der Waals surface area contributed by atoms with Crippen molar-refractivity contribution in [3.05, 3.63) is 29.8 Å². The molecule has 0 saturated carbocycles. The Morgan fingerprint density at radius 2 is 2.11 bits per heavy atom. The van der Waals surface area contributed by atoms with Crippen molar-refractivity contribution in [2.45, 2.75) is 19.5 Å². The van der Waals surface area contributed by atoms with E-state index in [0.29, 0.717) is 6.54 Å². The van der Waals surface area contributed by atoms with Gasteiger partial charge in [-0.25, -0.2) is 0 Å². The molecule has 5 heteroatoms. The maximum atomic E-state index is 11.7. The number of hydrogen-bond donors (Lipinski definition) is 2. The Balaban J connectivity index is 2.34. The van der Waals surface area contributed by atoms with Crippen LogP contribution in [-0.4, -0.2) is 31.4 Å². The van der Waals surface area contributed by atoms with Crippen LogP contribution in [-0.2, 0) is 16.1 Å². The van der Waals surface area contributed by atoms with Gasteiger partial charge in [-0.05, 0) is 25.6 Å². The summed E-state index contributed by atoms with van der Waals surface area (Å²) in [5.74, 6) is -0.497. The standard InChI is InChI=1S/C13H17N3O2/c1-9-13(18)15-12(17)8-16(9)11-6-4-3-5-10(11)7-14-2/h3-6,9,14H,7-8H2,1-2H3,(H,15,17,18). The quantitative estimate of drug-likeness (QED) is 0.752. The van der Waals surface area contributed by atoms with Crippen LogP contribution in [0.3, 0.4) is 0 Å². The molecule has 0 aromatic heterocycles. The Labute approximate surface area is 106 Å². The molecular formula is C13H17N3O2. The molecule has 0 aliphatic carbocycles. The van der Waals surface area contributed by atoms with Crippen LogP contribution in [0.1, 0.15) is 12.5 Å². The van der Waals surface area contributed by atoms with Crippen LogP contribution in [0.2, 0.25) is 0 Å². The Hall–Kier alpha value is -1.88. The lowest BCUT2D eigenvalue weighted by Crippen LogP contribution is -2.57. The second kappa shape index (κ2) is 5.18. The number of hydrogen-bond acceptors (Lipinski definition) is 4. The van der Waals surface area contributed by atoms with Crippen molar-refractivity contribution in [1.82, 2.24) is 10.6 Å². The van der Waals surface area contributed by atoms with Gasteiger partial charge >= 0.3 is 0 Å². The van der Waals surface area contributed by atoms with Crippen molar-refractivity contribution in [2.24, 2.45) is 0 Å². The Kier molecular flexibility index (Phi) is 3.62. The molecule has 18 heavy (non-hydrogen) atoms. The molecule has 1 heterocycles. The zero-order valence-corrected chi connectivity index (χ0v) is 10.6. The third kappa shape index (κ3) is 2.36. The molecule has 1 atom stereocenters. The van der Waals surface area contributed by atoms with E-state index in [0.717, 1.165) is 11.3 Å². The number of carbonyl (C=O) groups excluding carboxylic acids is 2. The molecule has 2 amide bonds. The van der Waals surface area contributed by atoms with Gasteiger partial charge in [0.2, 0.25) is 11.8 Å². The molecule has 1 aliphatic heterocycles. The van der Waals surface area contributed by atoms with E-state index in [9.17, 15) is 9.59 Å². The summed E-state index contributed by atoms with van der Waals surface area (Å²) in [6.07, 6.45) is 0. The number of anilines is 1. The van der Waals surface area contributed by atoms with Crippen molar-refractivity contribution >= 4 is 17.5 Å². The highest BCUT2D eigenvalue weighted by Gasteiger charge is 2.31. The second-order valence-corrected chi connectivity index (χ2v) is 4.38. The molecule has 0 radical (unpaired) electrons. The fourth-order valence-corrected chi connectivity index (χ4v) is 2.14. The van der Waals surface area contributed by atoms with Gasteiger partial charge in [0.15, 0.2) is 0 Å². The van der Waals surface area contributed by atoms with E-state index >= 15 is 0 Å². The fourth-order valence-electron chi connectivity index (χ4n) is 2.14. The summed E-state index contributed by atoms with van der Waals surface area (Å²) in [6, 6.07) is 7.47. The summed E-state index contributed by atoms with van der Waals surface area (Å²) < 4.78 is 0. The number of rotatable bonds is 3. The van der Waals surface area contributed by atoms with Crippen molar-refractivity contribution in [2.75, 3.05) is 18.5 Å². The minimum Gasteiger partial charge on any atom is -0.350 e. The first-order chi connectivity index (χ1) is 8.63. The van der Waals surface area contributed by atoms with Gasteiger partial charge < -0.3 is 10.2 Å². The van der Waals surface area contributed by atoms with Gasteiger partial charge in [-0.3, -0.25) is 14.9 Å². The number of para-hydroxylation sites is 1. The largest absolute Gasteiger partial charge is 0.350 e. The van der Waals surface area contributed by atoms with Crippen LogP contribution in [0.15, 0.2) is 24.3 Å². The minimum absolute atomic E-state index is 0.216. The summed E-state index contributed by atoms with van der Waals surface area (Å²) in [5.41, 5.74) is 2.01.